The van der Waals surface area contributed by atoms with Crippen LogP contribution in [0.1, 0.15) is 45.4 Å². The fourth-order valence-corrected chi connectivity index (χ4v) is 5.54. The lowest BCUT2D eigenvalue weighted by molar-refractivity contribution is -0.0701. The molecular formula is C17H31N3O. The van der Waals surface area contributed by atoms with Crippen LogP contribution in [-0.4, -0.2) is 44.2 Å². The summed E-state index contributed by atoms with van der Waals surface area (Å²) in [6, 6.07) is 0.585. The van der Waals surface area contributed by atoms with Gasteiger partial charge in [-0.15, -0.1) is 0 Å². The summed E-state index contributed by atoms with van der Waals surface area (Å²) in [5.74, 6) is 3.02. The van der Waals surface area contributed by atoms with Crippen LogP contribution in [0.2, 0.25) is 0 Å². The average molecular weight is 293 g/mol. The minimum atomic E-state index is -0.000687. The van der Waals surface area contributed by atoms with E-state index in [0.29, 0.717) is 18.0 Å². The van der Waals surface area contributed by atoms with E-state index < -0.39 is 0 Å². The van der Waals surface area contributed by atoms with Gasteiger partial charge in [-0.2, -0.15) is 0 Å². The lowest BCUT2D eigenvalue weighted by atomic mass is 9.48. The molecule has 0 aliphatic heterocycles. The quantitative estimate of drug-likeness (QED) is 0.765. The van der Waals surface area contributed by atoms with Gasteiger partial charge in [0.05, 0.1) is 0 Å². The molecule has 4 fully saturated rings. The van der Waals surface area contributed by atoms with Gasteiger partial charge < -0.3 is 15.5 Å². The number of amides is 2. The van der Waals surface area contributed by atoms with Gasteiger partial charge in [0, 0.05) is 33.2 Å². The summed E-state index contributed by atoms with van der Waals surface area (Å²) in [4.78, 5) is 13.1. The highest BCUT2D eigenvalue weighted by molar-refractivity contribution is 5.73. The Balaban J connectivity index is 1.47. The van der Waals surface area contributed by atoms with Gasteiger partial charge in [0.15, 0.2) is 0 Å². The van der Waals surface area contributed by atoms with Gasteiger partial charge in [0.1, 0.15) is 0 Å². The van der Waals surface area contributed by atoms with Gasteiger partial charge >= 0.3 is 6.03 Å². The largest absolute Gasteiger partial charge is 0.337 e. The molecule has 0 aromatic carbocycles. The summed E-state index contributed by atoms with van der Waals surface area (Å²) in [6.07, 6.45) is 8.84. The molecule has 4 heteroatoms. The highest BCUT2D eigenvalue weighted by Crippen LogP contribution is 2.61. The molecule has 0 radical (unpaired) electrons. The molecule has 1 unspecified atom stereocenters. The maximum Gasteiger partial charge on any atom is 0.316 e. The van der Waals surface area contributed by atoms with Crippen LogP contribution in [0.3, 0.4) is 0 Å². The second-order valence-corrected chi connectivity index (χ2v) is 8.08. The lowest BCUT2D eigenvalue weighted by Crippen LogP contribution is -2.55. The van der Waals surface area contributed by atoms with Gasteiger partial charge in [0.25, 0.3) is 0 Å². The second-order valence-electron chi connectivity index (χ2n) is 8.08. The Hall–Kier alpha value is -0.770. The van der Waals surface area contributed by atoms with Crippen LogP contribution in [0.25, 0.3) is 0 Å². The van der Waals surface area contributed by atoms with Crippen molar-refractivity contribution < 1.29 is 4.79 Å². The predicted octanol–water partition coefficient (Wildman–Crippen LogP) is 2.45. The normalized spacial score (nSPS) is 38.3. The van der Waals surface area contributed by atoms with Crippen molar-refractivity contribution in [2.75, 3.05) is 27.2 Å². The van der Waals surface area contributed by atoms with E-state index in [2.05, 4.69) is 17.6 Å². The number of hydrogen-bond acceptors (Lipinski definition) is 2. The smallest absolute Gasteiger partial charge is 0.316 e. The van der Waals surface area contributed by atoms with E-state index in [1.165, 1.54) is 38.5 Å². The summed E-state index contributed by atoms with van der Waals surface area (Å²) in [5.41, 5.74) is 0.556. The number of nitrogens with zero attached hydrogens (tertiary/aromatic N) is 1. The summed E-state index contributed by atoms with van der Waals surface area (Å²) in [7, 11) is 3.56. The van der Waals surface area contributed by atoms with Crippen molar-refractivity contribution in [3.8, 4) is 0 Å². The average Bonchev–Trinajstić information content (AvgIpc) is 2.41. The maximum atomic E-state index is 11.5. The minimum Gasteiger partial charge on any atom is -0.337 e. The van der Waals surface area contributed by atoms with Crippen molar-refractivity contribution in [2.24, 2.45) is 23.2 Å². The molecule has 2 amide bonds. The molecule has 4 nitrogen and oxygen atoms in total. The number of rotatable bonds is 5. The third-order valence-corrected chi connectivity index (χ3v) is 6.26. The summed E-state index contributed by atoms with van der Waals surface area (Å²) >= 11 is 0. The number of carbonyl (C=O) groups excluding carboxylic acids is 1. The van der Waals surface area contributed by atoms with Gasteiger partial charge in [-0.25, -0.2) is 4.79 Å². The number of nitrogens with one attached hydrogen (secondary N) is 2. The van der Waals surface area contributed by atoms with Gasteiger partial charge in [-0.3, -0.25) is 0 Å². The first kappa shape index (κ1) is 15.1. The van der Waals surface area contributed by atoms with E-state index in [-0.39, 0.29) is 6.03 Å². The van der Waals surface area contributed by atoms with E-state index in [9.17, 15) is 4.79 Å². The molecule has 21 heavy (non-hydrogen) atoms. The number of carbonyl (C=O) groups is 1. The SMILES string of the molecule is CC(NCCNC(=O)N(C)C)C12CC3CC(CC(C3)C1)C2. The third-order valence-electron chi connectivity index (χ3n) is 6.26. The van der Waals surface area contributed by atoms with E-state index >= 15 is 0 Å². The van der Waals surface area contributed by atoms with Crippen LogP contribution < -0.4 is 10.6 Å². The molecule has 4 bridgehead atoms. The number of hydrogen-bond donors (Lipinski definition) is 2. The van der Waals surface area contributed by atoms with E-state index in [4.69, 9.17) is 0 Å². The molecule has 4 aliphatic rings. The Morgan fingerprint density at radius 3 is 2.10 bits per heavy atom. The zero-order valence-corrected chi connectivity index (χ0v) is 13.8. The Kier molecular flexibility index (Phi) is 4.17. The van der Waals surface area contributed by atoms with Crippen molar-refractivity contribution in [1.29, 1.82) is 0 Å². The van der Waals surface area contributed by atoms with Gasteiger partial charge in [0.2, 0.25) is 0 Å². The molecule has 120 valence electrons. The van der Waals surface area contributed by atoms with Crippen molar-refractivity contribution in [3.05, 3.63) is 0 Å². The first-order valence-electron chi connectivity index (χ1n) is 8.67. The van der Waals surface area contributed by atoms with E-state index in [0.717, 1.165) is 24.3 Å². The second kappa shape index (κ2) is 5.79. The fraction of sp³-hybridized carbons (Fsp3) is 0.941. The van der Waals surface area contributed by atoms with Crippen molar-refractivity contribution in [1.82, 2.24) is 15.5 Å². The molecule has 0 heterocycles. The molecule has 0 aromatic rings. The number of urea groups is 1. The van der Waals surface area contributed by atoms with Crippen LogP contribution in [0.5, 0.6) is 0 Å². The van der Waals surface area contributed by atoms with Gasteiger partial charge in [-0.05, 0) is 68.6 Å². The molecule has 4 saturated carbocycles. The molecule has 4 rings (SSSR count). The van der Waals surface area contributed by atoms with Crippen molar-refractivity contribution in [3.63, 3.8) is 0 Å². The standard InChI is InChI=1S/C17H31N3O/c1-12(18-4-5-19-16(21)20(2)3)17-9-13-6-14(10-17)8-15(7-13)11-17/h12-15,18H,4-11H2,1-3H3,(H,19,21). The molecule has 0 spiro atoms. The summed E-state index contributed by atoms with van der Waals surface area (Å²) < 4.78 is 0. The molecule has 4 aliphatic carbocycles. The molecule has 0 saturated heterocycles. The van der Waals surface area contributed by atoms with Crippen LogP contribution in [0.4, 0.5) is 4.79 Å². The van der Waals surface area contributed by atoms with Gasteiger partial charge in [-0.1, -0.05) is 0 Å². The zero-order valence-electron chi connectivity index (χ0n) is 13.8. The van der Waals surface area contributed by atoms with Crippen LogP contribution in [-0.2, 0) is 0 Å². The van der Waals surface area contributed by atoms with E-state index in [1.54, 1.807) is 19.0 Å². The van der Waals surface area contributed by atoms with Crippen molar-refractivity contribution >= 4 is 6.03 Å². The summed E-state index contributed by atoms with van der Waals surface area (Å²) in [6.45, 7) is 3.97. The summed E-state index contributed by atoms with van der Waals surface area (Å²) in [5, 5.41) is 6.64. The molecule has 1 atom stereocenters. The Morgan fingerprint density at radius 2 is 1.62 bits per heavy atom. The zero-order chi connectivity index (χ0) is 15.0. The van der Waals surface area contributed by atoms with Crippen LogP contribution in [0, 0.1) is 23.2 Å². The molecular weight excluding hydrogens is 262 g/mol. The molecule has 2 N–H and O–H groups in total. The highest BCUT2D eigenvalue weighted by Gasteiger charge is 2.52. The first-order chi connectivity index (χ1) is 9.98. The minimum absolute atomic E-state index is 0.000687. The molecule has 0 aromatic heterocycles. The Bertz CT molecular complexity index is 358. The first-order valence-corrected chi connectivity index (χ1v) is 8.67. The lowest BCUT2D eigenvalue weighted by Gasteiger charge is -2.59. The Labute approximate surface area is 129 Å². The fourth-order valence-electron chi connectivity index (χ4n) is 5.54. The third kappa shape index (κ3) is 3.05. The highest BCUT2D eigenvalue weighted by atomic mass is 16.2. The topological polar surface area (TPSA) is 44.4 Å². The van der Waals surface area contributed by atoms with Crippen molar-refractivity contribution in [2.45, 2.75) is 51.5 Å². The predicted molar refractivity (Wildman–Crippen MR) is 85.2 cm³/mol. The van der Waals surface area contributed by atoms with Crippen LogP contribution in [0.15, 0.2) is 0 Å². The Morgan fingerprint density at radius 1 is 1.10 bits per heavy atom. The van der Waals surface area contributed by atoms with E-state index in [1.807, 2.05) is 0 Å². The van der Waals surface area contributed by atoms with Crippen LogP contribution >= 0.6 is 0 Å². The monoisotopic (exact) mass is 293 g/mol. The maximum absolute atomic E-state index is 11.5.